The van der Waals surface area contributed by atoms with E-state index in [0.29, 0.717) is 0 Å². The van der Waals surface area contributed by atoms with Crippen LogP contribution in [0.25, 0.3) is 0 Å². The number of hydrogen-bond acceptors (Lipinski definition) is 3. The van der Waals surface area contributed by atoms with Gasteiger partial charge in [-0.2, -0.15) is 0 Å². The highest BCUT2D eigenvalue weighted by molar-refractivity contribution is 7.89. The van der Waals surface area contributed by atoms with Gasteiger partial charge in [-0.1, -0.05) is 11.6 Å². The van der Waals surface area contributed by atoms with Crippen molar-refractivity contribution in [2.24, 2.45) is 0 Å². The molecule has 0 aliphatic heterocycles. The molecule has 0 unspecified atom stereocenters. The largest absolute Gasteiger partial charge is 0.319 e. The van der Waals surface area contributed by atoms with Gasteiger partial charge in [-0.05, 0) is 56.3 Å². The van der Waals surface area contributed by atoms with Crippen molar-refractivity contribution in [3.8, 4) is 0 Å². The van der Waals surface area contributed by atoms with Crippen molar-refractivity contribution >= 4 is 33.2 Å². The Hall–Kier alpha value is -1.96. The van der Waals surface area contributed by atoms with Gasteiger partial charge in [-0.15, -0.1) is 0 Å². The van der Waals surface area contributed by atoms with Crippen molar-refractivity contribution < 1.29 is 17.6 Å². The quantitative estimate of drug-likeness (QED) is 0.846. The third kappa shape index (κ3) is 4.53. The monoisotopic (exact) mass is 370 g/mol. The standard InChI is InChI=1S/C16H16ClFN2O3S/c1-10(2)20-24(22,23)13-6-3-11(4-7-13)16(21)19-15-8-5-12(17)9-14(15)18/h3-10,20H,1-2H3,(H,19,21). The van der Waals surface area contributed by atoms with Gasteiger partial charge in [0.15, 0.2) is 0 Å². The third-order valence-electron chi connectivity index (χ3n) is 3.00. The van der Waals surface area contributed by atoms with Crippen LogP contribution in [0.5, 0.6) is 0 Å². The van der Waals surface area contributed by atoms with Gasteiger partial charge < -0.3 is 5.32 Å². The maximum Gasteiger partial charge on any atom is 0.255 e. The van der Waals surface area contributed by atoms with E-state index in [-0.39, 0.29) is 27.2 Å². The lowest BCUT2D eigenvalue weighted by Gasteiger charge is -2.10. The first kappa shape index (κ1) is 18.4. The summed E-state index contributed by atoms with van der Waals surface area (Å²) in [5.41, 5.74) is 0.190. The molecule has 0 saturated heterocycles. The van der Waals surface area contributed by atoms with Crippen LogP contribution >= 0.6 is 11.6 Å². The van der Waals surface area contributed by atoms with Crippen LogP contribution < -0.4 is 10.0 Å². The highest BCUT2D eigenvalue weighted by atomic mass is 35.5. The summed E-state index contributed by atoms with van der Waals surface area (Å²) in [6.45, 7) is 3.42. The van der Waals surface area contributed by atoms with Crippen LogP contribution in [0.1, 0.15) is 24.2 Å². The van der Waals surface area contributed by atoms with E-state index >= 15 is 0 Å². The zero-order chi connectivity index (χ0) is 17.9. The van der Waals surface area contributed by atoms with Crippen molar-refractivity contribution in [2.45, 2.75) is 24.8 Å². The number of nitrogens with one attached hydrogen (secondary N) is 2. The minimum Gasteiger partial charge on any atom is -0.319 e. The molecule has 24 heavy (non-hydrogen) atoms. The Morgan fingerprint density at radius 1 is 1.12 bits per heavy atom. The second-order valence-electron chi connectivity index (χ2n) is 5.38. The highest BCUT2D eigenvalue weighted by Gasteiger charge is 2.16. The molecular formula is C16H16ClFN2O3S. The molecule has 0 spiro atoms. The van der Waals surface area contributed by atoms with E-state index in [1.165, 1.54) is 36.4 Å². The third-order valence-corrected chi connectivity index (χ3v) is 4.91. The predicted octanol–water partition coefficient (Wildman–Crippen LogP) is 3.42. The fourth-order valence-electron chi connectivity index (χ4n) is 1.95. The summed E-state index contributed by atoms with van der Waals surface area (Å²) in [6, 6.07) is 9.00. The van der Waals surface area contributed by atoms with Crippen LogP contribution in [-0.2, 0) is 10.0 Å². The Morgan fingerprint density at radius 2 is 1.75 bits per heavy atom. The van der Waals surface area contributed by atoms with E-state index in [2.05, 4.69) is 10.0 Å². The SMILES string of the molecule is CC(C)NS(=O)(=O)c1ccc(C(=O)Nc2ccc(Cl)cc2F)cc1. The molecule has 0 radical (unpaired) electrons. The smallest absolute Gasteiger partial charge is 0.255 e. The Bertz CT molecular complexity index is 852. The Balaban J connectivity index is 2.17. The lowest BCUT2D eigenvalue weighted by molar-refractivity contribution is 0.102. The molecule has 0 aliphatic rings. The highest BCUT2D eigenvalue weighted by Crippen LogP contribution is 2.20. The van der Waals surface area contributed by atoms with E-state index in [0.717, 1.165) is 6.07 Å². The summed E-state index contributed by atoms with van der Waals surface area (Å²) < 4.78 is 40.2. The Morgan fingerprint density at radius 3 is 2.29 bits per heavy atom. The molecular weight excluding hydrogens is 355 g/mol. The lowest BCUT2D eigenvalue weighted by Crippen LogP contribution is -2.30. The van der Waals surface area contributed by atoms with Crippen LogP contribution in [0.15, 0.2) is 47.4 Å². The number of rotatable bonds is 5. The first-order valence-corrected chi connectivity index (χ1v) is 8.94. The molecule has 0 bridgehead atoms. The topological polar surface area (TPSA) is 75.3 Å². The minimum atomic E-state index is -3.63. The number of anilines is 1. The maximum atomic E-state index is 13.7. The van der Waals surface area contributed by atoms with E-state index < -0.39 is 21.7 Å². The van der Waals surface area contributed by atoms with Crippen LogP contribution in [0.4, 0.5) is 10.1 Å². The summed E-state index contributed by atoms with van der Waals surface area (Å²) in [4.78, 5) is 12.2. The number of amides is 1. The maximum absolute atomic E-state index is 13.7. The van der Waals surface area contributed by atoms with Gasteiger partial charge in [0, 0.05) is 16.6 Å². The van der Waals surface area contributed by atoms with Crippen molar-refractivity contribution in [2.75, 3.05) is 5.32 Å². The van der Waals surface area contributed by atoms with Crippen molar-refractivity contribution in [1.82, 2.24) is 4.72 Å². The Labute approximate surface area is 144 Å². The molecule has 0 aromatic heterocycles. The predicted molar refractivity (Wildman–Crippen MR) is 91.3 cm³/mol. The zero-order valence-corrected chi connectivity index (χ0v) is 14.6. The first-order valence-electron chi connectivity index (χ1n) is 7.08. The van der Waals surface area contributed by atoms with Crippen LogP contribution in [0, 0.1) is 5.82 Å². The molecule has 0 heterocycles. The average Bonchev–Trinajstić information content (AvgIpc) is 2.49. The molecule has 1 amide bonds. The van der Waals surface area contributed by atoms with Gasteiger partial charge in [-0.3, -0.25) is 4.79 Å². The zero-order valence-electron chi connectivity index (χ0n) is 13.0. The van der Waals surface area contributed by atoms with Crippen molar-refractivity contribution in [3.63, 3.8) is 0 Å². The van der Waals surface area contributed by atoms with Gasteiger partial charge in [-0.25, -0.2) is 17.5 Å². The van der Waals surface area contributed by atoms with E-state index in [4.69, 9.17) is 11.6 Å². The molecule has 0 atom stereocenters. The molecule has 8 heteroatoms. The van der Waals surface area contributed by atoms with Gasteiger partial charge >= 0.3 is 0 Å². The molecule has 0 aliphatic carbocycles. The second-order valence-corrected chi connectivity index (χ2v) is 7.53. The molecule has 128 valence electrons. The van der Waals surface area contributed by atoms with Gasteiger partial charge in [0.2, 0.25) is 10.0 Å². The summed E-state index contributed by atoms with van der Waals surface area (Å²) in [5.74, 6) is -1.21. The summed E-state index contributed by atoms with van der Waals surface area (Å²) in [5, 5.41) is 2.63. The number of hydrogen-bond donors (Lipinski definition) is 2. The molecule has 2 rings (SSSR count). The van der Waals surface area contributed by atoms with Crippen molar-refractivity contribution in [3.05, 3.63) is 58.9 Å². The van der Waals surface area contributed by atoms with Crippen LogP contribution in [0.3, 0.4) is 0 Å². The molecule has 0 saturated carbocycles. The number of benzene rings is 2. The Kier molecular flexibility index (Phi) is 5.58. The minimum absolute atomic E-state index is 0.0115. The van der Waals surface area contributed by atoms with Crippen molar-refractivity contribution in [1.29, 1.82) is 0 Å². The van der Waals surface area contributed by atoms with Gasteiger partial charge in [0.25, 0.3) is 5.91 Å². The molecule has 2 N–H and O–H groups in total. The van der Waals surface area contributed by atoms with Crippen LogP contribution in [-0.4, -0.2) is 20.4 Å². The molecule has 2 aromatic carbocycles. The fraction of sp³-hybridized carbons (Fsp3) is 0.188. The second kappa shape index (κ2) is 7.29. The summed E-state index contributed by atoms with van der Waals surface area (Å²) >= 11 is 5.65. The molecule has 5 nitrogen and oxygen atoms in total. The molecule has 2 aromatic rings. The number of sulfonamides is 1. The summed E-state index contributed by atoms with van der Waals surface area (Å²) in [7, 11) is -3.63. The number of halogens is 2. The lowest BCUT2D eigenvalue weighted by atomic mass is 10.2. The number of carbonyl (C=O) groups excluding carboxylic acids is 1. The van der Waals surface area contributed by atoms with E-state index in [9.17, 15) is 17.6 Å². The van der Waals surface area contributed by atoms with Gasteiger partial charge in [0.05, 0.1) is 10.6 Å². The molecule has 0 fully saturated rings. The number of carbonyl (C=O) groups is 1. The fourth-order valence-corrected chi connectivity index (χ4v) is 3.36. The average molecular weight is 371 g/mol. The normalized spacial score (nSPS) is 11.5. The van der Waals surface area contributed by atoms with Crippen LogP contribution in [0.2, 0.25) is 5.02 Å². The van der Waals surface area contributed by atoms with E-state index in [1.807, 2.05) is 0 Å². The van der Waals surface area contributed by atoms with Gasteiger partial charge in [0.1, 0.15) is 5.82 Å². The first-order chi connectivity index (χ1) is 11.2. The summed E-state index contributed by atoms with van der Waals surface area (Å²) in [6.07, 6.45) is 0. The van der Waals surface area contributed by atoms with E-state index in [1.54, 1.807) is 13.8 Å².